The summed E-state index contributed by atoms with van der Waals surface area (Å²) in [5.74, 6) is -0.0531. The van der Waals surface area contributed by atoms with E-state index in [0.717, 1.165) is 37.2 Å². The number of rotatable bonds is 3. The molecule has 2 N–H and O–H groups in total. The molecule has 0 bridgehead atoms. The number of hydrogen-bond donors (Lipinski definition) is 1. The lowest BCUT2D eigenvalue weighted by Gasteiger charge is -2.37. The SMILES string of the molecule is NC(=O)c1cnn2ccc(N3CCCCC3c3cccc(F)c3)nc12. The van der Waals surface area contributed by atoms with Gasteiger partial charge in [0.15, 0.2) is 5.65 Å². The van der Waals surface area contributed by atoms with E-state index in [9.17, 15) is 9.18 Å². The highest BCUT2D eigenvalue weighted by Gasteiger charge is 2.26. The van der Waals surface area contributed by atoms with Crippen molar-refractivity contribution in [2.45, 2.75) is 25.3 Å². The molecule has 4 rings (SSSR count). The lowest BCUT2D eigenvalue weighted by molar-refractivity contribution is 0.100. The second kappa shape index (κ2) is 6.16. The Bertz CT molecular complexity index is 938. The molecule has 1 aliphatic heterocycles. The van der Waals surface area contributed by atoms with Crippen molar-refractivity contribution in [3.63, 3.8) is 0 Å². The molecule has 3 aromatic rings. The Hall–Kier alpha value is -2.96. The van der Waals surface area contributed by atoms with Gasteiger partial charge in [-0.05, 0) is 43.0 Å². The van der Waals surface area contributed by atoms with Crippen LogP contribution in [0.4, 0.5) is 10.2 Å². The van der Waals surface area contributed by atoms with Gasteiger partial charge >= 0.3 is 0 Å². The second-order valence-corrected chi connectivity index (χ2v) is 6.24. The number of primary amides is 1. The van der Waals surface area contributed by atoms with Gasteiger partial charge < -0.3 is 10.6 Å². The minimum Gasteiger partial charge on any atom is -0.365 e. The summed E-state index contributed by atoms with van der Waals surface area (Å²) >= 11 is 0. The minimum atomic E-state index is -0.556. The van der Waals surface area contributed by atoms with Crippen LogP contribution in [0, 0.1) is 5.82 Å². The van der Waals surface area contributed by atoms with Crippen LogP contribution in [0.2, 0.25) is 0 Å². The number of carbonyl (C=O) groups is 1. The number of anilines is 1. The Morgan fingerprint density at radius 3 is 2.96 bits per heavy atom. The molecule has 0 spiro atoms. The third-order valence-corrected chi connectivity index (χ3v) is 4.65. The van der Waals surface area contributed by atoms with E-state index in [0.29, 0.717) is 11.2 Å². The first-order chi connectivity index (χ1) is 12.1. The number of benzene rings is 1. The molecule has 1 fully saturated rings. The highest BCUT2D eigenvalue weighted by atomic mass is 19.1. The summed E-state index contributed by atoms with van der Waals surface area (Å²) in [5, 5.41) is 4.10. The summed E-state index contributed by atoms with van der Waals surface area (Å²) in [4.78, 5) is 18.3. The third kappa shape index (κ3) is 2.82. The van der Waals surface area contributed by atoms with Crippen LogP contribution in [-0.2, 0) is 0 Å². The van der Waals surface area contributed by atoms with Crippen molar-refractivity contribution in [3.8, 4) is 0 Å². The Labute approximate surface area is 144 Å². The smallest absolute Gasteiger partial charge is 0.254 e. The van der Waals surface area contributed by atoms with Gasteiger partial charge in [0.1, 0.15) is 17.2 Å². The number of halogens is 1. The Morgan fingerprint density at radius 2 is 2.16 bits per heavy atom. The predicted molar refractivity (Wildman–Crippen MR) is 91.8 cm³/mol. The Balaban J connectivity index is 1.76. The molecule has 1 aliphatic rings. The molecule has 1 atom stereocenters. The maximum absolute atomic E-state index is 13.7. The van der Waals surface area contributed by atoms with E-state index >= 15 is 0 Å². The minimum absolute atomic E-state index is 0.0550. The maximum atomic E-state index is 13.7. The van der Waals surface area contributed by atoms with E-state index < -0.39 is 5.91 Å². The Morgan fingerprint density at radius 1 is 1.28 bits per heavy atom. The van der Waals surface area contributed by atoms with Crippen LogP contribution in [-0.4, -0.2) is 27.0 Å². The number of amides is 1. The molecule has 3 heterocycles. The summed E-state index contributed by atoms with van der Waals surface area (Å²) in [6, 6.07) is 8.62. The van der Waals surface area contributed by atoms with Gasteiger partial charge in [0.25, 0.3) is 5.91 Å². The molecule has 0 aliphatic carbocycles. The molecule has 25 heavy (non-hydrogen) atoms. The zero-order valence-corrected chi connectivity index (χ0v) is 13.6. The van der Waals surface area contributed by atoms with Crippen LogP contribution in [0.5, 0.6) is 0 Å². The van der Waals surface area contributed by atoms with E-state index in [-0.39, 0.29) is 11.9 Å². The summed E-state index contributed by atoms with van der Waals surface area (Å²) in [6.07, 6.45) is 6.24. The number of carbonyl (C=O) groups excluding carboxylic acids is 1. The molecular weight excluding hydrogens is 321 g/mol. The second-order valence-electron chi connectivity index (χ2n) is 6.24. The molecule has 1 saturated heterocycles. The fraction of sp³-hybridized carbons (Fsp3) is 0.278. The average Bonchev–Trinajstić information content (AvgIpc) is 3.05. The van der Waals surface area contributed by atoms with Gasteiger partial charge in [-0.2, -0.15) is 5.10 Å². The van der Waals surface area contributed by atoms with Crippen LogP contribution in [0.15, 0.2) is 42.7 Å². The van der Waals surface area contributed by atoms with Gasteiger partial charge in [-0.3, -0.25) is 4.79 Å². The number of fused-ring (bicyclic) bond motifs is 1. The predicted octanol–water partition coefficient (Wildman–Crippen LogP) is 2.70. The zero-order valence-electron chi connectivity index (χ0n) is 13.6. The number of aromatic nitrogens is 3. The summed E-state index contributed by atoms with van der Waals surface area (Å²) in [6.45, 7) is 0.824. The van der Waals surface area contributed by atoms with Gasteiger partial charge in [-0.25, -0.2) is 13.9 Å². The van der Waals surface area contributed by atoms with Crippen molar-refractivity contribution in [1.29, 1.82) is 0 Å². The van der Waals surface area contributed by atoms with Crippen molar-refractivity contribution in [2.24, 2.45) is 5.73 Å². The summed E-state index contributed by atoms with van der Waals surface area (Å²) in [5.41, 5.74) is 7.07. The molecule has 1 amide bonds. The molecule has 7 heteroatoms. The van der Waals surface area contributed by atoms with Gasteiger partial charge in [0.05, 0.1) is 12.2 Å². The van der Waals surface area contributed by atoms with E-state index in [4.69, 9.17) is 5.73 Å². The van der Waals surface area contributed by atoms with Crippen molar-refractivity contribution in [2.75, 3.05) is 11.4 Å². The molecule has 2 aromatic heterocycles. The van der Waals surface area contributed by atoms with Crippen LogP contribution in [0.3, 0.4) is 0 Å². The van der Waals surface area contributed by atoms with Gasteiger partial charge in [-0.15, -0.1) is 0 Å². The van der Waals surface area contributed by atoms with Crippen molar-refractivity contribution < 1.29 is 9.18 Å². The molecule has 0 radical (unpaired) electrons. The van der Waals surface area contributed by atoms with Crippen molar-refractivity contribution in [1.82, 2.24) is 14.6 Å². The first kappa shape index (κ1) is 15.6. The van der Waals surface area contributed by atoms with E-state index in [1.54, 1.807) is 18.3 Å². The van der Waals surface area contributed by atoms with E-state index in [1.165, 1.54) is 16.8 Å². The fourth-order valence-electron chi connectivity index (χ4n) is 3.46. The monoisotopic (exact) mass is 339 g/mol. The quantitative estimate of drug-likeness (QED) is 0.796. The first-order valence-electron chi connectivity index (χ1n) is 8.30. The molecule has 6 nitrogen and oxygen atoms in total. The van der Waals surface area contributed by atoms with Gasteiger partial charge in [0.2, 0.25) is 0 Å². The summed E-state index contributed by atoms with van der Waals surface area (Å²) in [7, 11) is 0. The first-order valence-corrected chi connectivity index (χ1v) is 8.30. The van der Waals surface area contributed by atoms with Crippen molar-refractivity contribution in [3.05, 3.63) is 59.7 Å². The lowest BCUT2D eigenvalue weighted by Crippen LogP contribution is -2.34. The van der Waals surface area contributed by atoms with E-state index in [1.807, 2.05) is 12.1 Å². The number of hydrogen-bond acceptors (Lipinski definition) is 4. The number of nitrogens with two attached hydrogens (primary N) is 1. The van der Waals surface area contributed by atoms with E-state index in [2.05, 4.69) is 15.0 Å². The molecule has 1 unspecified atom stereocenters. The zero-order chi connectivity index (χ0) is 17.4. The fourth-order valence-corrected chi connectivity index (χ4v) is 3.46. The molecule has 1 aromatic carbocycles. The highest BCUT2D eigenvalue weighted by Crippen LogP contribution is 2.34. The molecule has 128 valence electrons. The topological polar surface area (TPSA) is 76.5 Å². The standard InChI is InChI=1S/C18H18FN5O/c19-13-5-3-4-12(10-13)15-6-1-2-8-23(15)16-7-9-24-18(22-16)14(11-21-24)17(20)25/h3-5,7,9-11,15H,1-2,6,8H2,(H2,20,25). The van der Waals surface area contributed by atoms with Crippen LogP contribution in [0.1, 0.15) is 41.2 Å². The molecular formula is C18H18FN5O. The number of nitrogens with zero attached hydrogens (tertiary/aromatic N) is 4. The third-order valence-electron chi connectivity index (χ3n) is 4.65. The van der Waals surface area contributed by atoms with Gasteiger partial charge in [-0.1, -0.05) is 12.1 Å². The van der Waals surface area contributed by atoms with Gasteiger partial charge in [0, 0.05) is 12.7 Å². The molecule has 0 saturated carbocycles. The van der Waals surface area contributed by atoms with Crippen LogP contribution < -0.4 is 10.6 Å². The largest absolute Gasteiger partial charge is 0.365 e. The normalized spacial score (nSPS) is 17.8. The van der Waals surface area contributed by atoms with Crippen LogP contribution in [0.25, 0.3) is 5.65 Å². The number of piperidine rings is 1. The lowest BCUT2D eigenvalue weighted by atomic mass is 9.95. The maximum Gasteiger partial charge on any atom is 0.254 e. The summed E-state index contributed by atoms with van der Waals surface area (Å²) < 4.78 is 15.2. The van der Waals surface area contributed by atoms with Crippen molar-refractivity contribution >= 4 is 17.4 Å². The Kier molecular flexibility index (Phi) is 3.83. The highest BCUT2D eigenvalue weighted by molar-refractivity contribution is 5.98. The van der Waals surface area contributed by atoms with Crippen LogP contribution >= 0.6 is 0 Å². The average molecular weight is 339 g/mol.